The largest absolute Gasteiger partial charge is 0.508 e. The second-order valence-electron chi connectivity index (χ2n) is 3.47. The van der Waals surface area contributed by atoms with E-state index in [9.17, 15) is 9.90 Å². The Balaban J connectivity index is 2.22. The van der Waals surface area contributed by atoms with E-state index in [1.165, 1.54) is 18.9 Å². The van der Waals surface area contributed by atoms with Crippen molar-refractivity contribution in [2.45, 2.75) is 9.92 Å². The lowest BCUT2D eigenvalue weighted by Gasteiger charge is -2.03. The van der Waals surface area contributed by atoms with Gasteiger partial charge in [-0.3, -0.25) is 0 Å². The van der Waals surface area contributed by atoms with Gasteiger partial charge in [-0.15, -0.1) is 0 Å². The minimum Gasteiger partial charge on any atom is -0.508 e. The first-order valence-electron chi connectivity index (χ1n) is 5.20. The third-order valence-electron chi connectivity index (χ3n) is 2.20. The second kappa shape index (κ2) is 5.55. The van der Waals surface area contributed by atoms with E-state index in [1.54, 1.807) is 36.5 Å². The number of phenols is 1. The van der Waals surface area contributed by atoms with Gasteiger partial charge in [0.25, 0.3) is 0 Å². The van der Waals surface area contributed by atoms with Gasteiger partial charge in [-0.2, -0.15) is 0 Å². The minimum atomic E-state index is -0.393. The van der Waals surface area contributed by atoms with Crippen molar-refractivity contribution < 1.29 is 14.6 Å². The van der Waals surface area contributed by atoms with Gasteiger partial charge in [-0.05, 0) is 30.3 Å². The van der Waals surface area contributed by atoms with Crippen LogP contribution in [0.1, 0.15) is 10.4 Å². The molecule has 0 atom stereocenters. The zero-order chi connectivity index (χ0) is 13.0. The van der Waals surface area contributed by atoms with Crippen LogP contribution in [0.4, 0.5) is 0 Å². The Labute approximate surface area is 109 Å². The summed E-state index contributed by atoms with van der Waals surface area (Å²) in [6.45, 7) is 0. The molecule has 0 aliphatic carbocycles. The highest BCUT2D eigenvalue weighted by Gasteiger charge is 2.07. The van der Waals surface area contributed by atoms with E-state index in [1.807, 2.05) is 6.07 Å². The van der Waals surface area contributed by atoms with Crippen molar-refractivity contribution in [3.05, 3.63) is 48.2 Å². The van der Waals surface area contributed by atoms with Crippen molar-refractivity contribution in [1.82, 2.24) is 4.98 Å². The van der Waals surface area contributed by atoms with Gasteiger partial charge in [0.05, 0.1) is 12.7 Å². The number of esters is 1. The first-order chi connectivity index (χ1) is 8.69. The first kappa shape index (κ1) is 12.4. The summed E-state index contributed by atoms with van der Waals surface area (Å²) in [6, 6.07) is 10.1. The number of hydrogen-bond donors (Lipinski definition) is 1. The van der Waals surface area contributed by atoms with Crippen LogP contribution in [0.15, 0.2) is 52.5 Å². The number of methoxy groups -OCH3 is 1. The van der Waals surface area contributed by atoms with Gasteiger partial charge >= 0.3 is 5.97 Å². The van der Waals surface area contributed by atoms with Crippen LogP contribution in [-0.4, -0.2) is 23.2 Å². The second-order valence-corrected chi connectivity index (χ2v) is 4.57. The zero-order valence-corrected chi connectivity index (χ0v) is 10.5. The molecule has 18 heavy (non-hydrogen) atoms. The van der Waals surface area contributed by atoms with Crippen LogP contribution in [0.2, 0.25) is 0 Å². The first-order valence-corrected chi connectivity index (χ1v) is 6.02. The van der Waals surface area contributed by atoms with E-state index in [0.717, 1.165) is 4.90 Å². The summed E-state index contributed by atoms with van der Waals surface area (Å²) < 4.78 is 4.64. The molecule has 0 bridgehead atoms. The molecule has 0 saturated heterocycles. The maximum Gasteiger partial charge on any atom is 0.337 e. The summed E-state index contributed by atoms with van der Waals surface area (Å²) in [5.74, 6) is -0.195. The number of aromatic hydroxyl groups is 1. The standard InChI is InChI=1S/C13H11NO3S/c1-17-13(16)9-5-6-14-12(7-9)18-11-4-2-3-10(15)8-11/h2-8,15H,1H3. The zero-order valence-electron chi connectivity index (χ0n) is 9.66. The van der Waals surface area contributed by atoms with Gasteiger partial charge in [-0.25, -0.2) is 9.78 Å². The summed E-state index contributed by atoms with van der Waals surface area (Å²) in [7, 11) is 1.34. The summed E-state index contributed by atoms with van der Waals surface area (Å²) in [5, 5.41) is 10.0. The Morgan fingerprint density at radius 3 is 2.89 bits per heavy atom. The van der Waals surface area contributed by atoms with Crippen LogP contribution in [0.5, 0.6) is 5.75 Å². The Morgan fingerprint density at radius 2 is 2.17 bits per heavy atom. The molecule has 1 aromatic carbocycles. The van der Waals surface area contributed by atoms with E-state index in [-0.39, 0.29) is 5.75 Å². The Morgan fingerprint density at radius 1 is 1.33 bits per heavy atom. The quantitative estimate of drug-likeness (QED) is 0.861. The fourth-order valence-electron chi connectivity index (χ4n) is 1.38. The topological polar surface area (TPSA) is 59.4 Å². The van der Waals surface area contributed by atoms with E-state index in [2.05, 4.69) is 9.72 Å². The molecule has 0 aliphatic rings. The average Bonchev–Trinajstić information content (AvgIpc) is 2.38. The molecule has 1 N–H and O–H groups in total. The number of nitrogens with zero attached hydrogens (tertiary/aromatic N) is 1. The Bertz CT molecular complexity index is 572. The maximum absolute atomic E-state index is 11.4. The van der Waals surface area contributed by atoms with E-state index < -0.39 is 5.97 Å². The van der Waals surface area contributed by atoms with E-state index in [0.29, 0.717) is 10.6 Å². The third-order valence-corrected chi connectivity index (χ3v) is 3.12. The van der Waals surface area contributed by atoms with Crippen molar-refractivity contribution >= 4 is 17.7 Å². The van der Waals surface area contributed by atoms with Crippen molar-refractivity contribution in [1.29, 1.82) is 0 Å². The molecule has 0 fully saturated rings. The summed E-state index contributed by atoms with van der Waals surface area (Å²) in [5.41, 5.74) is 0.454. The van der Waals surface area contributed by atoms with Crippen LogP contribution in [0.3, 0.4) is 0 Å². The van der Waals surface area contributed by atoms with Gasteiger partial charge in [0.15, 0.2) is 0 Å². The van der Waals surface area contributed by atoms with Crippen LogP contribution < -0.4 is 0 Å². The number of pyridine rings is 1. The van der Waals surface area contributed by atoms with Crippen LogP contribution in [0, 0.1) is 0 Å². The SMILES string of the molecule is COC(=O)c1ccnc(Sc2cccc(O)c2)c1. The molecule has 1 heterocycles. The molecule has 4 nitrogen and oxygen atoms in total. The van der Waals surface area contributed by atoms with Gasteiger partial charge < -0.3 is 9.84 Å². The van der Waals surface area contributed by atoms with Crippen LogP contribution in [-0.2, 0) is 4.74 Å². The van der Waals surface area contributed by atoms with Crippen LogP contribution >= 0.6 is 11.8 Å². The molecule has 0 aliphatic heterocycles. The highest BCUT2D eigenvalue weighted by atomic mass is 32.2. The molecule has 0 unspecified atom stereocenters. The van der Waals surface area contributed by atoms with Crippen molar-refractivity contribution in [2.24, 2.45) is 0 Å². The molecule has 0 amide bonds. The number of ether oxygens (including phenoxy) is 1. The number of benzene rings is 1. The van der Waals surface area contributed by atoms with Crippen molar-refractivity contribution in [2.75, 3.05) is 7.11 Å². The molecule has 92 valence electrons. The summed E-state index contributed by atoms with van der Waals surface area (Å²) >= 11 is 1.36. The molecule has 1 aromatic heterocycles. The van der Waals surface area contributed by atoms with Gasteiger partial charge in [0, 0.05) is 11.1 Å². The molecule has 0 spiro atoms. The molecule has 0 radical (unpaired) electrons. The Hall–Kier alpha value is -2.01. The number of phenolic OH excluding ortho intramolecular Hbond substituents is 1. The molecule has 0 saturated carbocycles. The lowest BCUT2D eigenvalue weighted by Crippen LogP contribution is -2.01. The van der Waals surface area contributed by atoms with Crippen LogP contribution in [0.25, 0.3) is 0 Å². The van der Waals surface area contributed by atoms with Gasteiger partial charge in [0.2, 0.25) is 0 Å². The number of rotatable bonds is 3. The van der Waals surface area contributed by atoms with Crippen molar-refractivity contribution in [3.8, 4) is 5.75 Å². The van der Waals surface area contributed by atoms with E-state index >= 15 is 0 Å². The number of hydrogen-bond acceptors (Lipinski definition) is 5. The molecule has 2 rings (SSSR count). The fourth-order valence-corrected chi connectivity index (χ4v) is 2.25. The molecule has 5 heteroatoms. The number of carbonyl (C=O) groups excluding carboxylic acids is 1. The number of carbonyl (C=O) groups is 1. The smallest absolute Gasteiger partial charge is 0.337 e. The third kappa shape index (κ3) is 3.01. The molecular weight excluding hydrogens is 250 g/mol. The fraction of sp³-hybridized carbons (Fsp3) is 0.0769. The lowest BCUT2D eigenvalue weighted by molar-refractivity contribution is 0.0600. The minimum absolute atomic E-state index is 0.198. The van der Waals surface area contributed by atoms with Crippen molar-refractivity contribution in [3.63, 3.8) is 0 Å². The predicted molar refractivity (Wildman–Crippen MR) is 67.8 cm³/mol. The molecular formula is C13H11NO3S. The summed E-state index contributed by atoms with van der Waals surface area (Å²) in [6.07, 6.45) is 1.55. The highest BCUT2D eigenvalue weighted by Crippen LogP contribution is 2.28. The monoisotopic (exact) mass is 261 g/mol. The highest BCUT2D eigenvalue weighted by molar-refractivity contribution is 7.99. The normalized spacial score (nSPS) is 10.1. The molecule has 2 aromatic rings. The number of aromatic nitrogens is 1. The maximum atomic E-state index is 11.4. The lowest BCUT2D eigenvalue weighted by atomic mass is 10.3. The van der Waals surface area contributed by atoms with Gasteiger partial charge in [0.1, 0.15) is 10.8 Å². The van der Waals surface area contributed by atoms with Gasteiger partial charge in [-0.1, -0.05) is 17.8 Å². The predicted octanol–water partition coefficient (Wildman–Crippen LogP) is 2.73. The summed E-state index contributed by atoms with van der Waals surface area (Å²) in [4.78, 5) is 16.4. The average molecular weight is 261 g/mol. The Kier molecular flexibility index (Phi) is 3.84. The van der Waals surface area contributed by atoms with E-state index in [4.69, 9.17) is 0 Å².